The second-order valence-electron chi connectivity index (χ2n) is 6.48. The molecule has 3 aromatic rings. The lowest BCUT2D eigenvalue weighted by molar-refractivity contribution is 0.401. The number of anilines is 1. The molecule has 0 saturated carbocycles. The van der Waals surface area contributed by atoms with Crippen molar-refractivity contribution in [1.29, 1.82) is 5.26 Å². The minimum absolute atomic E-state index is 0.193. The van der Waals surface area contributed by atoms with Gasteiger partial charge in [0.2, 0.25) is 5.88 Å². The van der Waals surface area contributed by atoms with Crippen molar-refractivity contribution in [1.82, 2.24) is 0 Å². The lowest BCUT2D eigenvalue weighted by Gasteiger charge is -2.25. The van der Waals surface area contributed by atoms with Gasteiger partial charge in [0.25, 0.3) is 0 Å². The summed E-state index contributed by atoms with van der Waals surface area (Å²) in [5, 5.41) is 10.8. The Hall–Kier alpha value is -2.97. The largest absolute Gasteiger partial charge is 0.439 e. The second-order valence-corrected chi connectivity index (χ2v) is 7.56. The van der Waals surface area contributed by atoms with E-state index < -0.39 is 0 Å². The highest BCUT2D eigenvalue weighted by Crippen LogP contribution is 2.50. The maximum Gasteiger partial charge on any atom is 0.205 e. The zero-order valence-corrected chi connectivity index (χ0v) is 16.2. The molecule has 2 aromatic carbocycles. The standard InChI is InChI=1S/C22H21N3OS/c1-3-25(4-2)15-11-9-14(10-12-15)19-17(13-23)22(24)26-20-16-7-5-6-8-18(16)27-21(19)20/h5-12,19H,3-4,24H2,1-2H3. The van der Waals surface area contributed by atoms with Gasteiger partial charge < -0.3 is 15.4 Å². The number of rotatable bonds is 4. The fourth-order valence-corrected chi connectivity index (χ4v) is 4.95. The van der Waals surface area contributed by atoms with E-state index in [1.54, 1.807) is 11.3 Å². The van der Waals surface area contributed by atoms with Crippen molar-refractivity contribution in [2.75, 3.05) is 18.0 Å². The Morgan fingerprint density at radius 3 is 2.48 bits per heavy atom. The summed E-state index contributed by atoms with van der Waals surface area (Å²) in [5.74, 6) is 0.790. The fourth-order valence-electron chi connectivity index (χ4n) is 3.68. The van der Waals surface area contributed by atoms with Gasteiger partial charge in [-0.2, -0.15) is 5.26 Å². The van der Waals surface area contributed by atoms with E-state index in [-0.39, 0.29) is 11.8 Å². The molecule has 1 atom stereocenters. The summed E-state index contributed by atoms with van der Waals surface area (Å²) >= 11 is 1.67. The third-order valence-electron chi connectivity index (χ3n) is 5.08. The van der Waals surface area contributed by atoms with Crippen molar-refractivity contribution in [2.45, 2.75) is 19.8 Å². The Labute approximate surface area is 163 Å². The number of hydrogen-bond donors (Lipinski definition) is 1. The fraction of sp³-hybridized carbons (Fsp3) is 0.227. The lowest BCUT2D eigenvalue weighted by atomic mass is 9.88. The normalized spacial score (nSPS) is 16.0. The summed E-state index contributed by atoms with van der Waals surface area (Å²) < 4.78 is 7.01. The highest BCUT2D eigenvalue weighted by molar-refractivity contribution is 7.19. The smallest absolute Gasteiger partial charge is 0.205 e. The molecule has 0 fully saturated rings. The summed E-state index contributed by atoms with van der Waals surface area (Å²) in [6.07, 6.45) is 0. The Balaban J connectivity index is 1.85. The summed E-state index contributed by atoms with van der Waals surface area (Å²) in [4.78, 5) is 3.34. The maximum atomic E-state index is 9.74. The summed E-state index contributed by atoms with van der Waals surface area (Å²) in [5.41, 5.74) is 8.85. The van der Waals surface area contributed by atoms with Crippen LogP contribution in [0, 0.1) is 11.3 Å². The Morgan fingerprint density at radius 2 is 1.81 bits per heavy atom. The number of ether oxygens (including phenoxy) is 1. The van der Waals surface area contributed by atoms with Crippen LogP contribution in [-0.4, -0.2) is 13.1 Å². The second kappa shape index (κ2) is 6.98. The minimum Gasteiger partial charge on any atom is -0.439 e. The molecule has 0 amide bonds. The Kier molecular flexibility index (Phi) is 4.51. The number of nitrogens with two attached hydrogens (primary N) is 1. The molecule has 136 valence electrons. The van der Waals surface area contributed by atoms with Crippen LogP contribution in [-0.2, 0) is 0 Å². The van der Waals surface area contributed by atoms with Gasteiger partial charge in [-0.05, 0) is 43.7 Å². The van der Waals surface area contributed by atoms with E-state index in [2.05, 4.69) is 55.1 Å². The SMILES string of the molecule is CCN(CC)c1ccc(C2C(C#N)=C(N)Oc3c2sc2ccccc32)cc1. The molecule has 27 heavy (non-hydrogen) atoms. The quantitative estimate of drug-likeness (QED) is 0.700. The van der Waals surface area contributed by atoms with Gasteiger partial charge in [0.1, 0.15) is 11.6 Å². The van der Waals surface area contributed by atoms with E-state index in [0.717, 1.165) is 39.4 Å². The van der Waals surface area contributed by atoms with Gasteiger partial charge in [0.15, 0.2) is 5.75 Å². The van der Waals surface area contributed by atoms with Crippen LogP contribution in [0.5, 0.6) is 5.75 Å². The van der Waals surface area contributed by atoms with Gasteiger partial charge in [-0.3, -0.25) is 0 Å². The predicted molar refractivity (Wildman–Crippen MR) is 111 cm³/mol. The van der Waals surface area contributed by atoms with E-state index in [0.29, 0.717) is 5.57 Å². The van der Waals surface area contributed by atoms with Crippen molar-refractivity contribution in [2.24, 2.45) is 5.73 Å². The van der Waals surface area contributed by atoms with Gasteiger partial charge in [0.05, 0.1) is 10.8 Å². The van der Waals surface area contributed by atoms with Gasteiger partial charge in [-0.15, -0.1) is 11.3 Å². The highest BCUT2D eigenvalue weighted by Gasteiger charge is 2.33. The first-order valence-corrected chi connectivity index (χ1v) is 9.93. The number of nitrogens with zero attached hydrogens (tertiary/aromatic N) is 2. The first-order valence-electron chi connectivity index (χ1n) is 9.11. The lowest BCUT2D eigenvalue weighted by Crippen LogP contribution is -2.22. The zero-order valence-electron chi connectivity index (χ0n) is 15.4. The summed E-state index contributed by atoms with van der Waals surface area (Å²) in [7, 11) is 0. The Morgan fingerprint density at radius 1 is 1.11 bits per heavy atom. The number of fused-ring (bicyclic) bond motifs is 3. The zero-order chi connectivity index (χ0) is 19.0. The van der Waals surface area contributed by atoms with Crippen LogP contribution in [0.2, 0.25) is 0 Å². The third-order valence-corrected chi connectivity index (χ3v) is 6.30. The van der Waals surface area contributed by atoms with Gasteiger partial charge in [-0.1, -0.05) is 24.3 Å². The maximum absolute atomic E-state index is 9.74. The van der Waals surface area contributed by atoms with Crippen molar-refractivity contribution in [3.8, 4) is 11.8 Å². The number of benzene rings is 2. The molecule has 4 rings (SSSR count). The Bertz CT molecular complexity index is 1060. The van der Waals surface area contributed by atoms with Crippen LogP contribution in [0.3, 0.4) is 0 Å². The molecule has 0 saturated heterocycles. The average molecular weight is 375 g/mol. The molecular formula is C22H21N3OS. The summed E-state index contributed by atoms with van der Waals surface area (Å²) in [6, 6.07) is 18.8. The molecule has 1 aliphatic heterocycles. The van der Waals surface area contributed by atoms with Crippen LogP contribution in [0.15, 0.2) is 60.0 Å². The van der Waals surface area contributed by atoms with Gasteiger partial charge in [-0.25, -0.2) is 0 Å². The molecule has 2 N–H and O–H groups in total. The molecule has 0 aliphatic carbocycles. The molecule has 1 aromatic heterocycles. The van der Waals surface area contributed by atoms with E-state index in [9.17, 15) is 5.26 Å². The van der Waals surface area contributed by atoms with Gasteiger partial charge >= 0.3 is 0 Å². The highest BCUT2D eigenvalue weighted by atomic mass is 32.1. The van der Waals surface area contributed by atoms with Crippen molar-refractivity contribution in [3.63, 3.8) is 0 Å². The molecule has 4 nitrogen and oxygen atoms in total. The monoisotopic (exact) mass is 375 g/mol. The van der Waals surface area contributed by atoms with Crippen molar-refractivity contribution < 1.29 is 4.74 Å². The number of thiophene rings is 1. The van der Waals surface area contributed by atoms with Crippen LogP contribution in [0.4, 0.5) is 5.69 Å². The van der Waals surface area contributed by atoms with Crippen molar-refractivity contribution >= 4 is 27.1 Å². The van der Waals surface area contributed by atoms with E-state index in [1.165, 1.54) is 5.69 Å². The first-order chi connectivity index (χ1) is 13.2. The molecule has 2 heterocycles. The van der Waals surface area contributed by atoms with E-state index >= 15 is 0 Å². The molecule has 0 spiro atoms. The molecular weight excluding hydrogens is 354 g/mol. The number of allylic oxidation sites excluding steroid dienone is 1. The predicted octanol–water partition coefficient (Wildman–Crippen LogP) is 4.97. The average Bonchev–Trinajstić information content (AvgIpc) is 3.06. The van der Waals surface area contributed by atoms with Crippen LogP contribution >= 0.6 is 11.3 Å². The van der Waals surface area contributed by atoms with E-state index in [4.69, 9.17) is 10.5 Å². The van der Waals surface area contributed by atoms with Crippen LogP contribution < -0.4 is 15.4 Å². The van der Waals surface area contributed by atoms with Crippen LogP contribution in [0.1, 0.15) is 30.2 Å². The summed E-state index contributed by atoms with van der Waals surface area (Å²) in [6.45, 7) is 6.22. The third kappa shape index (κ3) is 2.83. The molecule has 0 bridgehead atoms. The molecule has 5 heteroatoms. The van der Waals surface area contributed by atoms with Crippen molar-refractivity contribution in [3.05, 3.63) is 70.4 Å². The van der Waals surface area contributed by atoms with E-state index in [1.807, 2.05) is 18.2 Å². The molecule has 0 radical (unpaired) electrons. The minimum atomic E-state index is -0.193. The molecule has 1 aliphatic rings. The van der Waals surface area contributed by atoms with Gasteiger partial charge in [0, 0.05) is 28.9 Å². The molecule has 1 unspecified atom stereocenters. The first kappa shape index (κ1) is 17.4. The number of hydrogen-bond acceptors (Lipinski definition) is 5. The van der Waals surface area contributed by atoms with Crippen LogP contribution in [0.25, 0.3) is 10.1 Å². The number of nitriles is 1. The topological polar surface area (TPSA) is 62.3 Å².